The largest absolute Gasteiger partial charge is 0.337 e. The molecule has 1 aromatic carbocycles. The lowest BCUT2D eigenvalue weighted by molar-refractivity contribution is -0.127. The zero-order valence-electron chi connectivity index (χ0n) is 21.7. The molecule has 9 nitrogen and oxygen atoms in total. The molecular weight excluding hydrogens is 487 g/mol. The van der Waals surface area contributed by atoms with Crippen molar-refractivity contribution in [3.8, 4) is 0 Å². The van der Waals surface area contributed by atoms with Crippen molar-refractivity contribution in [3.63, 3.8) is 0 Å². The summed E-state index contributed by atoms with van der Waals surface area (Å²) in [6, 6.07) is 5.77. The molecular formula is C28H33FN6O3. The molecule has 1 aliphatic rings. The van der Waals surface area contributed by atoms with E-state index in [2.05, 4.69) is 44.8 Å². The van der Waals surface area contributed by atoms with Gasteiger partial charge >= 0.3 is 0 Å². The predicted octanol–water partition coefficient (Wildman–Crippen LogP) is 0.900. The Hall–Kier alpha value is -4.05. The van der Waals surface area contributed by atoms with Crippen molar-refractivity contribution in [1.82, 2.24) is 29.3 Å². The number of aryl methyl sites for hydroxylation is 1. The van der Waals surface area contributed by atoms with Crippen molar-refractivity contribution < 1.29 is 9.18 Å². The Morgan fingerprint density at radius 3 is 2.39 bits per heavy atom. The lowest BCUT2D eigenvalue weighted by Crippen LogP contribution is -2.48. The molecule has 200 valence electrons. The minimum Gasteiger partial charge on any atom is -0.337 e. The lowest BCUT2D eigenvalue weighted by atomic mass is 10.1. The Morgan fingerprint density at radius 2 is 1.76 bits per heavy atom. The molecule has 1 amide bonds. The number of nitrogens with one attached hydrogen (secondary N) is 2. The van der Waals surface area contributed by atoms with Crippen LogP contribution in [0, 0.1) is 5.82 Å². The van der Waals surface area contributed by atoms with Crippen molar-refractivity contribution in [2.24, 2.45) is 0 Å². The molecule has 3 aromatic rings. The van der Waals surface area contributed by atoms with Crippen molar-refractivity contribution in [3.05, 3.63) is 97.4 Å². The monoisotopic (exact) mass is 520 g/mol. The first kappa shape index (κ1) is 27.0. The molecule has 0 saturated carbocycles. The number of aromatic nitrogens is 4. The van der Waals surface area contributed by atoms with E-state index < -0.39 is 16.9 Å². The standard InChI is InChI=1S/C28H33FN6O3/c1-4-25(36)34-13-11-33(12-14-34)9-6-10-35-18-30-22(26(35)19(2)3)17-24-28(38)31-23(27(37)32-24)16-20-7-5-8-21(29)15-20/h4-5,7-8,15-19H,1,6,9-14H2,2-3H3,(H,31,38)(H,32,37)/b23-16-,24-17-. The lowest BCUT2D eigenvalue weighted by Gasteiger charge is -2.34. The summed E-state index contributed by atoms with van der Waals surface area (Å²) in [4.78, 5) is 51.1. The molecule has 0 atom stereocenters. The van der Waals surface area contributed by atoms with Crippen LogP contribution in [0.2, 0.25) is 0 Å². The second-order valence-electron chi connectivity index (χ2n) is 9.67. The van der Waals surface area contributed by atoms with E-state index in [4.69, 9.17) is 0 Å². The Balaban J connectivity index is 1.50. The number of amides is 1. The first-order valence-corrected chi connectivity index (χ1v) is 12.8. The van der Waals surface area contributed by atoms with Gasteiger partial charge in [0.2, 0.25) is 5.91 Å². The van der Waals surface area contributed by atoms with E-state index in [1.54, 1.807) is 18.5 Å². The summed E-state index contributed by atoms with van der Waals surface area (Å²) in [5, 5.41) is 0.146. The zero-order chi connectivity index (χ0) is 27.2. The van der Waals surface area contributed by atoms with Crippen LogP contribution in [-0.2, 0) is 11.3 Å². The Morgan fingerprint density at radius 1 is 1.08 bits per heavy atom. The quantitative estimate of drug-likeness (QED) is 0.430. The SMILES string of the molecule is C=CC(=O)N1CCN(CCCn2cnc(/C=c3\[nH]c(=O)/c(=C/c4cccc(F)c4)[nH]c3=O)c2C(C)C)CC1. The van der Waals surface area contributed by atoms with Gasteiger partial charge in [0.05, 0.1) is 12.0 Å². The van der Waals surface area contributed by atoms with Gasteiger partial charge in [-0.25, -0.2) is 9.37 Å². The summed E-state index contributed by atoms with van der Waals surface area (Å²) in [5.41, 5.74) is 1.11. The smallest absolute Gasteiger partial charge is 0.272 e. The van der Waals surface area contributed by atoms with Gasteiger partial charge < -0.3 is 19.4 Å². The molecule has 1 aliphatic heterocycles. The fourth-order valence-electron chi connectivity index (χ4n) is 4.71. The number of halogens is 1. The van der Waals surface area contributed by atoms with E-state index in [0.717, 1.165) is 38.3 Å². The van der Waals surface area contributed by atoms with E-state index in [0.29, 0.717) is 24.3 Å². The third-order valence-electron chi connectivity index (χ3n) is 6.61. The third-order valence-corrected chi connectivity index (χ3v) is 6.61. The van der Waals surface area contributed by atoms with Gasteiger partial charge in [-0.1, -0.05) is 32.6 Å². The van der Waals surface area contributed by atoms with Gasteiger partial charge in [0.15, 0.2) is 0 Å². The summed E-state index contributed by atoms with van der Waals surface area (Å²) < 4.78 is 15.6. The van der Waals surface area contributed by atoms with Gasteiger partial charge in [0.25, 0.3) is 11.1 Å². The van der Waals surface area contributed by atoms with Gasteiger partial charge in [-0.15, -0.1) is 0 Å². The Kier molecular flexibility index (Phi) is 8.52. The van der Waals surface area contributed by atoms with Crippen LogP contribution >= 0.6 is 0 Å². The average Bonchev–Trinajstić information content (AvgIpc) is 3.29. The van der Waals surface area contributed by atoms with E-state index in [9.17, 15) is 18.8 Å². The number of aromatic amines is 2. The number of rotatable bonds is 8. The highest BCUT2D eigenvalue weighted by Crippen LogP contribution is 2.20. The molecule has 1 saturated heterocycles. The first-order valence-electron chi connectivity index (χ1n) is 12.8. The fourth-order valence-corrected chi connectivity index (χ4v) is 4.71. The van der Waals surface area contributed by atoms with Crippen molar-refractivity contribution >= 4 is 18.1 Å². The molecule has 1 fully saturated rings. The zero-order valence-corrected chi connectivity index (χ0v) is 21.7. The topological polar surface area (TPSA) is 107 Å². The van der Waals surface area contributed by atoms with Gasteiger partial charge in [-0.3, -0.25) is 19.3 Å². The van der Waals surface area contributed by atoms with Crippen LogP contribution in [0.25, 0.3) is 12.2 Å². The van der Waals surface area contributed by atoms with E-state index in [1.165, 1.54) is 30.4 Å². The number of imidazole rings is 1. The second-order valence-corrected chi connectivity index (χ2v) is 9.67. The van der Waals surface area contributed by atoms with E-state index in [-0.39, 0.29) is 22.5 Å². The molecule has 0 bridgehead atoms. The number of hydrogen-bond donors (Lipinski definition) is 2. The number of carbonyl (C=O) groups excluding carboxylic acids is 1. The number of H-pyrrole nitrogens is 2. The summed E-state index contributed by atoms with van der Waals surface area (Å²) >= 11 is 0. The molecule has 38 heavy (non-hydrogen) atoms. The summed E-state index contributed by atoms with van der Waals surface area (Å²) in [6.45, 7) is 12.4. The highest BCUT2D eigenvalue weighted by Gasteiger charge is 2.19. The van der Waals surface area contributed by atoms with E-state index >= 15 is 0 Å². The maximum absolute atomic E-state index is 13.5. The third kappa shape index (κ3) is 6.44. The van der Waals surface area contributed by atoms with Gasteiger partial charge in [0, 0.05) is 38.4 Å². The first-order chi connectivity index (χ1) is 18.2. The maximum Gasteiger partial charge on any atom is 0.272 e. The van der Waals surface area contributed by atoms with Crippen molar-refractivity contribution in [2.75, 3.05) is 32.7 Å². The summed E-state index contributed by atoms with van der Waals surface area (Å²) in [7, 11) is 0. The van der Waals surface area contributed by atoms with Gasteiger partial charge in [-0.05, 0) is 54.8 Å². The van der Waals surface area contributed by atoms with Crippen LogP contribution in [-0.4, -0.2) is 67.9 Å². The Labute approximate surface area is 219 Å². The second kappa shape index (κ2) is 12.0. The Bertz CT molecular complexity index is 1540. The molecule has 0 aliphatic carbocycles. The summed E-state index contributed by atoms with van der Waals surface area (Å²) in [6.07, 6.45) is 7.06. The molecule has 3 heterocycles. The maximum atomic E-state index is 13.5. The molecule has 0 radical (unpaired) electrons. The fraction of sp³-hybridized carbons (Fsp3) is 0.357. The molecule has 10 heteroatoms. The molecule has 2 aromatic heterocycles. The van der Waals surface area contributed by atoms with Crippen LogP contribution in [0.15, 0.2) is 52.8 Å². The molecule has 0 spiro atoms. The minimum atomic E-state index is -0.486. The molecule has 2 N–H and O–H groups in total. The van der Waals surface area contributed by atoms with Gasteiger partial charge in [0.1, 0.15) is 16.5 Å². The molecule has 0 unspecified atom stereocenters. The number of piperazine rings is 1. The minimum absolute atomic E-state index is 0.0204. The number of hydrogen-bond acceptors (Lipinski definition) is 5. The predicted molar refractivity (Wildman–Crippen MR) is 145 cm³/mol. The van der Waals surface area contributed by atoms with Crippen LogP contribution in [0.1, 0.15) is 43.1 Å². The van der Waals surface area contributed by atoms with E-state index in [1.807, 2.05) is 4.90 Å². The normalized spacial score (nSPS) is 15.4. The number of nitrogens with zero attached hydrogens (tertiary/aromatic N) is 4. The highest BCUT2D eigenvalue weighted by molar-refractivity contribution is 5.87. The van der Waals surface area contributed by atoms with Crippen LogP contribution in [0.4, 0.5) is 4.39 Å². The number of benzene rings is 1. The summed E-state index contributed by atoms with van der Waals surface area (Å²) in [5.74, 6) is -0.307. The van der Waals surface area contributed by atoms with Crippen molar-refractivity contribution in [1.29, 1.82) is 0 Å². The number of carbonyl (C=O) groups is 1. The molecule has 4 rings (SSSR count). The highest BCUT2D eigenvalue weighted by atomic mass is 19.1. The average molecular weight is 521 g/mol. The van der Waals surface area contributed by atoms with Crippen LogP contribution < -0.4 is 21.8 Å². The van der Waals surface area contributed by atoms with Gasteiger partial charge in [-0.2, -0.15) is 0 Å². The van der Waals surface area contributed by atoms with Crippen molar-refractivity contribution in [2.45, 2.75) is 32.7 Å². The van der Waals surface area contributed by atoms with Crippen LogP contribution in [0.3, 0.4) is 0 Å². The van der Waals surface area contributed by atoms with Crippen LogP contribution in [0.5, 0.6) is 0 Å².